The maximum absolute atomic E-state index is 14.3. The molecule has 4 amide bonds. The van der Waals surface area contributed by atoms with Gasteiger partial charge in [-0.25, -0.2) is 64.2 Å². The molecule has 4 atom stereocenters. The number of carbonyl (C=O) groups is 4. The third-order valence-electron chi connectivity index (χ3n) is 23.3. The fourth-order valence-corrected chi connectivity index (χ4v) is 16.7. The van der Waals surface area contributed by atoms with E-state index in [9.17, 15) is 47.9 Å². The van der Waals surface area contributed by atoms with E-state index in [0.717, 1.165) is 83.4 Å². The van der Waals surface area contributed by atoms with Gasteiger partial charge < -0.3 is 44.3 Å². The van der Waals surface area contributed by atoms with Crippen LogP contribution in [-0.4, -0.2) is 260 Å². The third kappa shape index (κ3) is 15.7. The first-order valence-corrected chi connectivity index (χ1v) is 40.7. The van der Waals surface area contributed by atoms with Gasteiger partial charge in [-0.1, -0.05) is 50.6 Å². The van der Waals surface area contributed by atoms with Gasteiger partial charge in [0, 0.05) is 119 Å². The molecule has 4 aliphatic rings. The number of benzene rings is 4. The van der Waals surface area contributed by atoms with Gasteiger partial charge in [-0.05, 0) is 127 Å². The lowest BCUT2D eigenvalue weighted by Gasteiger charge is -2.44. The van der Waals surface area contributed by atoms with Crippen LogP contribution in [0.1, 0.15) is 50.2 Å². The Morgan fingerprint density at radius 1 is 0.402 bits per heavy atom. The summed E-state index contributed by atoms with van der Waals surface area (Å²) in [5.41, 5.74) is 8.12. The summed E-state index contributed by atoms with van der Waals surface area (Å²) in [6.07, 6.45) is 20.0. The number of para-hydroxylation sites is 1. The number of aromatic nitrogens is 22. The Morgan fingerprint density at radius 3 is 1.15 bits per heavy atom. The number of halogens is 1. The predicted molar refractivity (Wildman–Crippen MR) is 476 cm³/mol. The quantitative estimate of drug-likeness (QED) is 0.0974. The van der Waals surface area contributed by atoms with Gasteiger partial charge in [0.1, 0.15) is 83.6 Å². The fourth-order valence-electron chi connectivity index (χ4n) is 16.7. The number of aromatic amines is 3. The normalized spacial score (nSPS) is 16.6. The Bertz CT molecular complexity index is 7180. The number of piperazine rings is 4. The molecule has 40 heteroatoms. The lowest BCUT2D eigenvalue weighted by Crippen LogP contribution is -2.58. The lowest BCUT2D eigenvalue weighted by atomic mass is 10.1. The molecule has 11 aromatic heterocycles. The molecule has 646 valence electrons. The molecule has 4 aromatic carbocycles. The highest BCUT2D eigenvalue weighted by atomic mass is 19.1. The first-order valence-electron chi connectivity index (χ1n) is 40.7. The van der Waals surface area contributed by atoms with Gasteiger partial charge in [0.2, 0.25) is 23.6 Å². The summed E-state index contributed by atoms with van der Waals surface area (Å²) in [4.78, 5) is 170. The van der Waals surface area contributed by atoms with E-state index in [1.54, 1.807) is 49.7 Å². The van der Waals surface area contributed by atoms with Gasteiger partial charge in [-0.2, -0.15) is 15.3 Å². The van der Waals surface area contributed by atoms with Crippen molar-refractivity contribution >= 4 is 124 Å². The predicted octanol–water partition coefficient (Wildman–Crippen LogP) is 6.30. The van der Waals surface area contributed by atoms with Crippen LogP contribution in [0.4, 0.5) is 27.7 Å². The summed E-state index contributed by atoms with van der Waals surface area (Å²) < 4.78 is 19.8. The minimum absolute atomic E-state index is 0.000367. The second-order valence-electron chi connectivity index (χ2n) is 31.1. The zero-order valence-corrected chi connectivity index (χ0v) is 70.6. The molecule has 4 aliphatic heterocycles. The number of amides is 4. The van der Waals surface area contributed by atoms with E-state index in [2.05, 4.69) is 117 Å². The van der Waals surface area contributed by atoms with Crippen LogP contribution in [0.5, 0.6) is 5.75 Å². The van der Waals surface area contributed by atoms with Crippen molar-refractivity contribution < 1.29 is 28.7 Å². The van der Waals surface area contributed by atoms with E-state index in [4.69, 9.17) is 4.98 Å². The average molecular weight is 1720 g/mol. The highest BCUT2D eigenvalue weighted by Gasteiger charge is 2.37. The molecule has 0 saturated carbocycles. The summed E-state index contributed by atoms with van der Waals surface area (Å²) in [6, 6.07) is 15.1. The highest BCUT2D eigenvalue weighted by molar-refractivity contribution is 5.95. The molecule has 15 aromatic rings. The van der Waals surface area contributed by atoms with E-state index in [1.807, 2.05) is 99.6 Å². The van der Waals surface area contributed by atoms with Crippen molar-refractivity contribution in [2.45, 2.75) is 79.6 Å². The van der Waals surface area contributed by atoms with Gasteiger partial charge >= 0.3 is 0 Å². The first-order chi connectivity index (χ1) is 61.3. The number of hydrogen-bond donors (Lipinski definition) is 4. The van der Waals surface area contributed by atoms with Crippen molar-refractivity contribution in [3.05, 3.63) is 238 Å². The maximum atomic E-state index is 14.3. The van der Waals surface area contributed by atoms with Gasteiger partial charge in [-0.3, -0.25) is 71.9 Å². The minimum atomic E-state index is -0.761. The van der Waals surface area contributed by atoms with Gasteiger partial charge in [0.25, 0.3) is 22.2 Å². The molecule has 0 spiro atoms. The largest absolute Gasteiger partial charge is 0.506 e. The number of nitrogens with one attached hydrogen (secondary N) is 3. The van der Waals surface area contributed by atoms with Gasteiger partial charge in [0.05, 0.1) is 52.2 Å². The number of carbonyl (C=O) groups excluding carboxylic acids is 4. The zero-order chi connectivity index (χ0) is 89.5. The number of nitrogens with zero attached hydrogens (tertiary/aromatic N) is 27. The summed E-state index contributed by atoms with van der Waals surface area (Å²) in [5.74, 6) is 1.23. The molecular weight excluding hydrogens is 1630 g/mol. The lowest BCUT2D eigenvalue weighted by molar-refractivity contribution is -0.129. The summed E-state index contributed by atoms with van der Waals surface area (Å²) >= 11 is 0. The molecule has 0 radical (unpaired) electrons. The third-order valence-corrected chi connectivity index (χ3v) is 23.3. The van der Waals surface area contributed by atoms with E-state index in [0.29, 0.717) is 124 Å². The van der Waals surface area contributed by atoms with Crippen LogP contribution in [-0.2, 0) is 19.2 Å². The number of fused-ring (bicyclic) bond motifs is 7. The van der Waals surface area contributed by atoms with Gasteiger partial charge in [0.15, 0.2) is 51.2 Å². The molecule has 4 fully saturated rings. The summed E-state index contributed by atoms with van der Waals surface area (Å²) in [5, 5.41) is 33.7. The van der Waals surface area contributed by atoms with Crippen LogP contribution >= 0.6 is 0 Å². The van der Waals surface area contributed by atoms with Crippen LogP contribution in [0.15, 0.2) is 187 Å². The van der Waals surface area contributed by atoms with E-state index in [-0.39, 0.29) is 103 Å². The second kappa shape index (κ2) is 35.0. The fraction of sp³-hybridized carbons (Fsp3) is 0.276. The van der Waals surface area contributed by atoms with E-state index >= 15 is 0 Å². The van der Waals surface area contributed by atoms with Crippen molar-refractivity contribution in [2.75, 3.05) is 98.1 Å². The molecule has 0 unspecified atom stereocenters. The Balaban J connectivity index is 0.000000125. The average Bonchev–Trinajstić information content (AvgIpc) is 1.74. The van der Waals surface area contributed by atoms with Crippen LogP contribution in [0.25, 0.3) is 99.6 Å². The molecular formula is C87H87FN30O9. The molecule has 39 nitrogen and oxygen atoms in total. The number of phenolic OH excluding ortho intramolecular Hbond substituents is 1. The number of aryl methyl sites for hydroxylation is 4. The van der Waals surface area contributed by atoms with E-state index in [1.165, 1.54) is 83.5 Å². The standard InChI is InChI=1S/C23H24N8O2.C22H22N8O2.C21H21FN6O3.C21H20N8O2/c1-5-18(32)29-9-15(4)30(10-14(29)3)22-19-20(24-11-25-22)23(33)31(12-26-19)21-13(2)6-7-17-16(21)8-27-28-17;1-4-17(31)28-7-9-29(10-8-28)21-18-19(23-12-24-21)22(32)30(14(3)26-18)20-13(2)5-6-16-15(20)11-25-27-16;1-4-16(30)26-8-13(3)27(9-12(26)2)20-17-18(23-10-24-20)21(31)28(11-25-17)19-14(22)6-5-7-15(19)29;1-3-16(30)27-6-8-28(9-7-27)20-17-18(22-11-23-20)21(31)29(12-24-17)19-13(2)4-5-15-14(19)10-25-26-15/h5-8,11-12,14-15H,1,9-10H2,2-4H3,(H,27,28);4-6,11-12H,1,7-10H2,2-3H3,(H,25,27);4-7,10-13,29H,1,8-9H2,2-3H3;3-5,10-12H,1,6-9H2,2H3,(H,25,26)/t14-,15+;;12-,13+;/m1.1./s1. The minimum Gasteiger partial charge on any atom is -0.506 e. The SMILES string of the molecule is C=CC(=O)N1CCN(c2ncnc3c(=O)n(-c4c(C)ccc5[nH]ncc45)c(C)nc23)CC1.C=CC(=O)N1CCN(c2ncnc3c(=O)n(-c4c(C)ccc5[nH]ncc45)cnc23)CC1.C=CC(=O)N1C[C@H](C)N(c2ncnc3c(=O)n(-c4c(C)ccc5[nH]ncc45)cnc23)C[C@H]1C.C=CC(=O)N1C[C@H](C)N(c2ncnc3c(=O)n(-c4c(O)cccc4F)cnc23)C[C@H]1C. The number of hydrogen-bond acceptors (Lipinski definition) is 28. The maximum Gasteiger partial charge on any atom is 0.284 e. The highest BCUT2D eigenvalue weighted by Crippen LogP contribution is 2.34. The Morgan fingerprint density at radius 2 is 0.756 bits per heavy atom. The van der Waals surface area contributed by atoms with Crippen molar-refractivity contribution in [2.24, 2.45) is 0 Å². The molecule has 15 heterocycles. The van der Waals surface area contributed by atoms with Crippen LogP contribution < -0.4 is 41.8 Å². The molecule has 127 heavy (non-hydrogen) atoms. The Hall–Kier alpha value is -16.1. The van der Waals surface area contributed by atoms with Crippen molar-refractivity contribution in [1.82, 2.24) is 128 Å². The Kier molecular flexibility index (Phi) is 23.3. The molecule has 19 rings (SSSR count). The number of anilines is 4. The van der Waals surface area contributed by atoms with Crippen molar-refractivity contribution in [3.63, 3.8) is 0 Å². The summed E-state index contributed by atoms with van der Waals surface area (Å²) in [7, 11) is 0. The van der Waals surface area contributed by atoms with Crippen LogP contribution in [0, 0.1) is 33.5 Å². The number of H-pyrrole nitrogens is 3. The number of rotatable bonds is 12. The van der Waals surface area contributed by atoms with Gasteiger partial charge in [-0.15, -0.1) is 0 Å². The smallest absolute Gasteiger partial charge is 0.284 e. The number of aromatic hydroxyl groups is 1. The van der Waals surface area contributed by atoms with E-state index < -0.39 is 11.4 Å². The van der Waals surface area contributed by atoms with Crippen molar-refractivity contribution in [3.8, 4) is 28.5 Å². The summed E-state index contributed by atoms with van der Waals surface area (Å²) in [6.45, 7) is 36.3. The molecule has 0 aliphatic carbocycles. The van der Waals surface area contributed by atoms with Crippen LogP contribution in [0.3, 0.4) is 0 Å². The topological polar surface area (TPSA) is 443 Å². The molecule has 4 N–H and O–H groups in total. The molecule has 0 bridgehead atoms. The zero-order valence-electron chi connectivity index (χ0n) is 70.6. The second-order valence-corrected chi connectivity index (χ2v) is 31.1. The Labute approximate surface area is 721 Å². The first kappa shape index (κ1) is 84.5. The monoisotopic (exact) mass is 1710 g/mol. The molecule has 4 saturated heterocycles. The van der Waals surface area contributed by atoms with Crippen molar-refractivity contribution in [1.29, 1.82) is 0 Å². The number of phenols is 1. The van der Waals surface area contributed by atoms with Crippen LogP contribution in [0.2, 0.25) is 0 Å².